The van der Waals surface area contributed by atoms with Gasteiger partial charge in [0.15, 0.2) is 0 Å². The lowest BCUT2D eigenvalue weighted by Gasteiger charge is -2.13. The number of nitrogens with zero attached hydrogens (tertiary/aromatic N) is 1. The molecule has 0 spiro atoms. The van der Waals surface area contributed by atoms with E-state index in [1.807, 2.05) is 29.7 Å². The Hall–Kier alpha value is -2.04. The second kappa shape index (κ2) is 6.16. The summed E-state index contributed by atoms with van der Waals surface area (Å²) in [6.45, 7) is 0. The highest BCUT2D eigenvalue weighted by molar-refractivity contribution is 8.21. The van der Waals surface area contributed by atoms with E-state index in [4.69, 9.17) is 11.6 Å². The van der Waals surface area contributed by atoms with Crippen molar-refractivity contribution in [2.75, 3.05) is 0 Å². The van der Waals surface area contributed by atoms with Gasteiger partial charge in [-0.15, -0.1) is 11.1 Å². The van der Waals surface area contributed by atoms with Gasteiger partial charge in [-0.3, -0.25) is 4.79 Å². The molecule has 0 saturated heterocycles. The minimum Gasteiger partial charge on any atom is -0.310 e. The molecule has 0 fully saturated rings. The van der Waals surface area contributed by atoms with Crippen molar-refractivity contribution in [2.45, 2.75) is 0 Å². The Bertz CT molecular complexity index is 728. The third-order valence-electron chi connectivity index (χ3n) is 3.03. The smallest absolute Gasteiger partial charge is 0.263 e. The van der Waals surface area contributed by atoms with Crippen molar-refractivity contribution in [3.8, 4) is 0 Å². The van der Waals surface area contributed by atoms with E-state index in [1.54, 1.807) is 18.3 Å². The first-order valence-corrected chi connectivity index (χ1v) is 8.25. The van der Waals surface area contributed by atoms with Crippen LogP contribution in [0.25, 0.3) is 5.57 Å². The van der Waals surface area contributed by atoms with E-state index in [1.165, 1.54) is 0 Å². The Morgan fingerprint density at radius 1 is 1.14 bits per heavy atom. The Balaban J connectivity index is 1.73. The molecule has 1 amide bonds. The number of rotatable bonds is 3. The molecule has 5 heteroatoms. The zero-order valence-corrected chi connectivity index (χ0v) is 12.7. The molecule has 1 N–H and O–H groups in total. The Kier molecular flexibility index (Phi) is 4.08. The van der Waals surface area contributed by atoms with Crippen molar-refractivity contribution in [1.82, 2.24) is 9.71 Å². The van der Waals surface area contributed by atoms with Crippen molar-refractivity contribution in [2.24, 2.45) is 0 Å². The molecule has 0 saturated carbocycles. The highest BCUT2D eigenvalue weighted by atomic mass is 35.5. The van der Waals surface area contributed by atoms with Gasteiger partial charge in [0, 0.05) is 6.20 Å². The van der Waals surface area contributed by atoms with Crippen LogP contribution in [-0.2, 0) is 0 Å². The fourth-order valence-corrected chi connectivity index (χ4v) is 3.64. The van der Waals surface area contributed by atoms with Crippen LogP contribution < -0.4 is 4.72 Å². The maximum atomic E-state index is 12.2. The average Bonchev–Trinajstić information content (AvgIpc) is 2.97. The molecule has 3 rings (SSSR count). The second-order valence-electron chi connectivity index (χ2n) is 4.46. The largest absolute Gasteiger partial charge is 0.310 e. The molecule has 1 aromatic heterocycles. The normalized spacial score (nSPS) is 18.3. The Morgan fingerprint density at radius 3 is 2.71 bits per heavy atom. The van der Waals surface area contributed by atoms with E-state index in [9.17, 15) is 4.79 Å². The van der Waals surface area contributed by atoms with Crippen LogP contribution in [0.4, 0.5) is 0 Å². The predicted octanol–water partition coefficient (Wildman–Crippen LogP) is 3.95. The van der Waals surface area contributed by atoms with Gasteiger partial charge in [0.25, 0.3) is 5.91 Å². The summed E-state index contributed by atoms with van der Waals surface area (Å²) < 4.78 is 2.97. The van der Waals surface area contributed by atoms with E-state index >= 15 is 0 Å². The molecule has 2 aromatic rings. The van der Waals surface area contributed by atoms with Crippen LogP contribution in [0.15, 0.2) is 65.6 Å². The summed E-state index contributed by atoms with van der Waals surface area (Å²) in [5, 5.41) is 4.31. The van der Waals surface area contributed by atoms with Gasteiger partial charge in [-0.1, -0.05) is 41.9 Å². The monoisotopic (exact) mass is 316 g/mol. The number of thiol groups is 1. The molecule has 1 aliphatic rings. The summed E-state index contributed by atoms with van der Waals surface area (Å²) in [6.07, 6.45) is 3.60. The Morgan fingerprint density at radius 2 is 1.95 bits per heavy atom. The Labute approximate surface area is 130 Å². The van der Waals surface area contributed by atoms with Crippen molar-refractivity contribution >= 4 is 34.2 Å². The summed E-state index contributed by atoms with van der Waals surface area (Å²) >= 11 is 5.12. The minimum absolute atomic E-state index is 0.200. The molecule has 0 bridgehead atoms. The molecule has 0 radical (unpaired) electrons. The molecule has 1 aromatic carbocycles. The number of amides is 1. The van der Waals surface area contributed by atoms with Crippen molar-refractivity contribution < 1.29 is 4.79 Å². The van der Waals surface area contributed by atoms with E-state index in [0.717, 1.165) is 11.1 Å². The molecule has 1 aliphatic heterocycles. The van der Waals surface area contributed by atoms with Crippen molar-refractivity contribution in [3.05, 3.63) is 81.8 Å². The summed E-state index contributed by atoms with van der Waals surface area (Å²) in [7, 11) is 0. The van der Waals surface area contributed by atoms with Gasteiger partial charge < -0.3 is 4.72 Å². The topological polar surface area (TPSA) is 42.0 Å². The van der Waals surface area contributed by atoms with Gasteiger partial charge in [0.1, 0.15) is 5.15 Å². The van der Waals surface area contributed by atoms with Crippen LogP contribution in [0.2, 0.25) is 5.15 Å². The first kappa shape index (κ1) is 13.9. The molecule has 1 unspecified atom stereocenters. The first-order valence-electron chi connectivity index (χ1n) is 6.39. The lowest BCUT2D eigenvalue weighted by molar-refractivity contribution is 0.0984. The molecule has 3 nitrogen and oxygen atoms in total. The quantitative estimate of drug-likeness (QED) is 0.665. The molecule has 2 heterocycles. The zero-order chi connectivity index (χ0) is 14.7. The first-order chi connectivity index (χ1) is 10.2. The lowest BCUT2D eigenvalue weighted by atomic mass is 10.1. The number of nitrogens with one attached hydrogen (secondary N) is 1. The predicted molar refractivity (Wildman–Crippen MR) is 89.3 cm³/mol. The van der Waals surface area contributed by atoms with Crippen LogP contribution in [0.3, 0.4) is 0 Å². The van der Waals surface area contributed by atoms with Gasteiger partial charge in [0.2, 0.25) is 0 Å². The number of benzene rings is 1. The van der Waals surface area contributed by atoms with Gasteiger partial charge >= 0.3 is 0 Å². The van der Waals surface area contributed by atoms with Gasteiger partial charge in [0.05, 0.1) is 5.56 Å². The fourth-order valence-electron chi connectivity index (χ4n) is 2.00. The van der Waals surface area contributed by atoms with E-state index in [0.29, 0.717) is 5.56 Å². The summed E-state index contributed by atoms with van der Waals surface area (Å²) in [6, 6.07) is 13.4. The lowest BCUT2D eigenvalue weighted by Crippen LogP contribution is -2.18. The number of halogens is 1. The number of carbonyl (C=O) groups is 1. The van der Waals surface area contributed by atoms with Crippen LogP contribution in [0.1, 0.15) is 15.9 Å². The zero-order valence-electron chi connectivity index (χ0n) is 11.0. The summed E-state index contributed by atoms with van der Waals surface area (Å²) in [5.74, 6) is -0.200. The highest BCUT2D eigenvalue weighted by Gasteiger charge is 2.14. The highest BCUT2D eigenvalue weighted by Crippen LogP contribution is 2.37. The van der Waals surface area contributed by atoms with Gasteiger partial charge in [-0.05, 0) is 40.2 Å². The molecular weight excluding hydrogens is 304 g/mol. The number of hydrogen-bond acceptors (Lipinski definition) is 2. The number of allylic oxidation sites excluding steroid dienone is 2. The fraction of sp³-hybridized carbons (Fsp3) is 0. The summed E-state index contributed by atoms with van der Waals surface area (Å²) in [4.78, 5) is 16.1. The molecule has 106 valence electrons. The number of hydrogen-bond donors (Lipinski definition) is 2. The third-order valence-corrected chi connectivity index (χ3v) is 4.82. The van der Waals surface area contributed by atoms with Crippen LogP contribution in [-0.4, -0.2) is 10.9 Å². The van der Waals surface area contributed by atoms with Crippen molar-refractivity contribution in [1.29, 1.82) is 0 Å². The molecule has 0 aliphatic carbocycles. The van der Waals surface area contributed by atoms with E-state index in [2.05, 4.69) is 27.2 Å². The molecular formula is C16H13ClN2OS. The number of aromatic nitrogens is 1. The summed E-state index contributed by atoms with van der Waals surface area (Å²) in [5.41, 5.74) is 2.67. The number of carbonyl (C=O) groups excluding carboxylic acids is 1. The van der Waals surface area contributed by atoms with Gasteiger partial charge in [-0.25, -0.2) is 4.98 Å². The third kappa shape index (κ3) is 3.17. The molecule has 1 atom stereocenters. The van der Waals surface area contributed by atoms with E-state index in [-0.39, 0.29) is 11.1 Å². The van der Waals surface area contributed by atoms with Crippen molar-refractivity contribution in [3.63, 3.8) is 0 Å². The average molecular weight is 317 g/mol. The maximum Gasteiger partial charge on any atom is 0.263 e. The minimum atomic E-state index is -0.812. The standard InChI is InChI=1S/C16H13ClN2OS/c17-15-14(7-4-9-18-15)16(20)19-21-10-8-13(11-21)12-5-2-1-3-6-12/h1-11,21H,(H,19,20). The van der Waals surface area contributed by atoms with Crippen LogP contribution in [0, 0.1) is 0 Å². The number of pyridine rings is 1. The van der Waals surface area contributed by atoms with Crippen LogP contribution in [0.5, 0.6) is 0 Å². The van der Waals surface area contributed by atoms with Gasteiger partial charge in [-0.2, -0.15) is 0 Å². The maximum absolute atomic E-state index is 12.2. The van der Waals surface area contributed by atoms with E-state index < -0.39 is 11.1 Å². The second-order valence-corrected chi connectivity index (χ2v) is 6.41. The molecule has 21 heavy (non-hydrogen) atoms. The van der Waals surface area contributed by atoms with Crippen LogP contribution >= 0.6 is 22.7 Å². The SMILES string of the molecule is O=C(N[SH]1C=CC(c2ccccc2)=C1)c1cccnc1Cl.